The zero-order valence-electron chi connectivity index (χ0n) is 13.3. The van der Waals surface area contributed by atoms with E-state index in [0.717, 1.165) is 17.9 Å². The molecule has 22 heavy (non-hydrogen) atoms. The summed E-state index contributed by atoms with van der Waals surface area (Å²) in [7, 11) is 1.60. The van der Waals surface area contributed by atoms with Crippen molar-refractivity contribution in [3.63, 3.8) is 0 Å². The highest BCUT2D eigenvalue weighted by Gasteiger charge is 2.31. The minimum absolute atomic E-state index is 0.0130. The summed E-state index contributed by atoms with van der Waals surface area (Å²) < 4.78 is 5.11. The largest absolute Gasteiger partial charge is 0.497 e. The third-order valence-corrected chi connectivity index (χ3v) is 3.83. The van der Waals surface area contributed by atoms with Crippen LogP contribution < -0.4 is 20.3 Å². The van der Waals surface area contributed by atoms with Crippen LogP contribution in [-0.4, -0.2) is 37.7 Å². The molecule has 0 saturated carbocycles. The van der Waals surface area contributed by atoms with Gasteiger partial charge in [0.25, 0.3) is 0 Å². The lowest BCUT2D eigenvalue weighted by Gasteiger charge is -2.18. The van der Waals surface area contributed by atoms with E-state index >= 15 is 0 Å². The Labute approximate surface area is 130 Å². The molecule has 6 heteroatoms. The molecule has 2 atom stereocenters. The van der Waals surface area contributed by atoms with E-state index in [1.807, 2.05) is 38.1 Å². The Bertz CT molecular complexity index is 530. The van der Waals surface area contributed by atoms with E-state index < -0.39 is 0 Å². The fourth-order valence-corrected chi connectivity index (χ4v) is 2.37. The maximum absolute atomic E-state index is 12.1. The smallest absolute Gasteiger partial charge is 0.315 e. The van der Waals surface area contributed by atoms with E-state index in [1.54, 1.807) is 12.0 Å². The summed E-state index contributed by atoms with van der Waals surface area (Å²) in [6.45, 7) is 4.44. The third kappa shape index (κ3) is 3.90. The molecule has 0 aliphatic carbocycles. The normalized spacial score (nSPS) is 19.0. The van der Waals surface area contributed by atoms with Gasteiger partial charge in [-0.2, -0.15) is 0 Å². The van der Waals surface area contributed by atoms with Gasteiger partial charge in [0, 0.05) is 24.7 Å². The lowest BCUT2D eigenvalue weighted by molar-refractivity contribution is -0.117. The van der Waals surface area contributed by atoms with Gasteiger partial charge in [0.2, 0.25) is 5.91 Å². The van der Waals surface area contributed by atoms with E-state index in [9.17, 15) is 9.59 Å². The number of rotatable bonds is 5. The number of amides is 3. The monoisotopic (exact) mass is 305 g/mol. The number of carbonyl (C=O) groups excluding carboxylic acids is 2. The first-order valence-corrected chi connectivity index (χ1v) is 7.55. The van der Waals surface area contributed by atoms with Crippen molar-refractivity contribution in [1.29, 1.82) is 0 Å². The second-order valence-corrected chi connectivity index (χ2v) is 5.53. The molecule has 0 radical (unpaired) electrons. The molecular weight excluding hydrogens is 282 g/mol. The first-order valence-electron chi connectivity index (χ1n) is 7.55. The van der Waals surface area contributed by atoms with E-state index in [-0.39, 0.29) is 24.0 Å². The topological polar surface area (TPSA) is 70.7 Å². The number of anilines is 1. The highest BCUT2D eigenvalue weighted by Crippen LogP contribution is 2.24. The fourth-order valence-electron chi connectivity index (χ4n) is 2.37. The van der Waals surface area contributed by atoms with Crippen LogP contribution in [0.5, 0.6) is 5.75 Å². The number of nitrogens with one attached hydrogen (secondary N) is 2. The van der Waals surface area contributed by atoms with Gasteiger partial charge in [0.15, 0.2) is 0 Å². The molecule has 1 aromatic carbocycles. The van der Waals surface area contributed by atoms with Crippen molar-refractivity contribution in [2.45, 2.75) is 38.8 Å². The Kier molecular flexibility index (Phi) is 5.25. The first kappa shape index (κ1) is 16.1. The molecule has 0 spiro atoms. The molecule has 3 amide bonds. The molecular formula is C16H23N3O3. The van der Waals surface area contributed by atoms with Crippen molar-refractivity contribution < 1.29 is 14.3 Å². The second kappa shape index (κ2) is 7.15. The minimum Gasteiger partial charge on any atom is -0.497 e. The van der Waals surface area contributed by atoms with Gasteiger partial charge in [-0.1, -0.05) is 6.92 Å². The van der Waals surface area contributed by atoms with Crippen molar-refractivity contribution in [1.82, 2.24) is 10.6 Å². The van der Waals surface area contributed by atoms with Crippen LogP contribution in [0.15, 0.2) is 24.3 Å². The number of methoxy groups -OCH3 is 1. The predicted molar refractivity (Wildman–Crippen MR) is 85.2 cm³/mol. The molecule has 120 valence electrons. The number of urea groups is 1. The zero-order valence-corrected chi connectivity index (χ0v) is 13.3. The van der Waals surface area contributed by atoms with Crippen molar-refractivity contribution in [2.24, 2.45) is 0 Å². The number of hydrogen-bond donors (Lipinski definition) is 2. The highest BCUT2D eigenvalue weighted by atomic mass is 16.5. The van der Waals surface area contributed by atoms with E-state index in [1.165, 1.54) is 0 Å². The predicted octanol–water partition coefficient (Wildman–Crippen LogP) is 1.90. The van der Waals surface area contributed by atoms with Crippen LogP contribution in [0.2, 0.25) is 0 Å². The number of ether oxygens (including phenoxy) is 1. The highest BCUT2D eigenvalue weighted by molar-refractivity contribution is 5.96. The number of carbonyl (C=O) groups is 2. The van der Waals surface area contributed by atoms with Gasteiger partial charge in [0.05, 0.1) is 13.2 Å². The van der Waals surface area contributed by atoms with Crippen molar-refractivity contribution in [3.05, 3.63) is 24.3 Å². The van der Waals surface area contributed by atoms with Crippen LogP contribution in [0.25, 0.3) is 0 Å². The number of hydrogen-bond acceptors (Lipinski definition) is 3. The first-order chi connectivity index (χ1) is 10.5. The van der Waals surface area contributed by atoms with E-state index in [4.69, 9.17) is 4.74 Å². The van der Waals surface area contributed by atoms with Gasteiger partial charge < -0.3 is 20.3 Å². The molecule has 0 aromatic heterocycles. The summed E-state index contributed by atoms with van der Waals surface area (Å²) in [6.07, 6.45) is 1.19. The summed E-state index contributed by atoms with van der Waals surface area (Å²) in [4.78, 5) is 25.6. The van der Waals surface area contributed by atoms with Crippen LogP contribution >= 0.6 is 0 Å². The minimum atomic E-state index is -0.219. The Morgan fingerprint density at radius 1 is 1.41 bits per heavy atom. The van der Waals surface area contributed by atoms with Crippen LogP contribution in [0.1, 0.15) is 26.7 Å². The van der Waals surface area contributed by atoms with Crippen molar-refractivity contribution in [2.75, 3.05) is 18.6 Å². The Hall–Kier alpha value is -2.24. The molecule has 1 fully saturated rings. The third-order valence-electron chi connectivity index (χ3n) is 3.83. The van der Waals surface area contributed by atoms with Crippen molar-refractivity contribution in [3.8, 4) is 5.75 Å². The molecule has 2 rings (SSSR count). The summed E-state index contributed by atoms with van der Waals surface area (Å²) >= 11 is 0. The molecule has 2 N–H and O–H groups in total. The van der Waals surface area contributed by atoms with E-state index in [0.29, 0.717) is 13.0 Å². The van der Waals surface area contributed by atoms with Gasteiger partial charge >= 0.3 is 6.03 Å². The Morgan fingerprint density at radius 2 is 2.09 bits per heavy atom. The summed E-state index contributed by atoms with van der Waals surface area (Å²) in [5, 5.41) is 5.70. The molecule has 0 bridgehead atoms. The SMILES string of the molecule is CC[C@H](C)NC(=O)N[C@H]1CC(=O)N(c2ccc(OC)cc2)C1. The van der Waals surface area contributed by atoms with Crippen LogP contribution in [-0.2, 0) is 4.79 Å². The van der Waals surface area contributed by atoms with Gasteiger partial charge in [-0.15, -0.1) is 0 Å². The number of nitrogens with zero attached hydrogens (tertiary/aromatic N) is 1. The maximum atomic E-state index is 12.1. The number of benzene rings is 1. The fraction of sp³-hybridized carbons (Fsp3) is 0.500. The van der Waals surface area contributed by atoms with Gasteiger partial charge in [-0.3, -0.25) is 4.79 Å². The lowest BCUT2D eigenvalue weighted by Crippen LogP contribution is -2.46. The Morgan fingerprint density at radius 3 is 2.68 bits per heavy atom. The van der Waals surface area contributed by atoms with Crippen LogP contribution in [0.4, 0.5) is 10.5 Å². The average Bonchev–Trinajstić information content (AvgIpc) is 2.87. The summed E-state index contributed by atoms with van der Waals surface area (Å²) in [5.74, 6) is 0.761. The molecule has 1 heterocycles. The quantitative estimate of drug-likeness (QED) is 0.873. The molecule has 0 unspecified atom stereocenters. The lowest BCUT2D eigenvalue weighted by atomic mass is 10.2. The van der Waals surface area contributed by atoms with Gasteiger partial charge in [0.1, 0.15) is 5.75 Å². The Balaban J connectivity index is 1.94. The van der Waals surface area contributed by atoms with Crippen molar-refractivity contribution >= 4 is 17.6 Å². The molecule has 1 aliphatic heterocycles. The molecule has 1 saturated heterocycles. The van der Waals surface area contributed by atoms with Gasteiger partial charge in [-0.25, -0.2) is 4.79 Å². The van der Waals surface area contributed by atoms with E-state index in [2.05, 4.69) is 10.6 Å². The van der Waals surface area contributed by atoms with Crippen LogP contribution in [0, 0.1) is 0 Å². The summed E-state index contributed by atoms with van der Waals surface area (Å²) in [5.41, 5.74) is 0.817. The second-order valence-electron chi connectivity index (χ2n) is 5.53. The summed E-state index contributed by atoms with van der Waals surface area (Å²) in [6, 6.07) is 7.06. The molecule has 6 nitrogen and oxygen atoms in total. The zero-order chi connectivity index (χ0) is 16.1. The maximum Gasteiger partial charge on any atom is 0.315 e. The average molecular weight is 305 g/mol. The standard InChI is InChI=1S/C16H23N3O3/c1-4-11(2)17-16(21)18-12-9-15(20)19(10-12)13-5-7-14(22-3)8-6-13/h5-8,11-12H,4,9-10H2,1-3H3,(H2,17,18,21)/t11-,12-/m0/s1. The van der Waals surface area contributed by atoms with Crippen LogP contribution in [0.3, 0.4) is 0 Å². The van der Waals surface area contributed by atoms with Gasteiger partial charge in [-0.05, 0) is 37.6 Å². The molecule has 1 aromatic rings. The molecule has 1 aliphatic rings.